The largest absolute Gasteiger partial charge is 0.298 e. The van der Waals surface area contributed by atoms with Crippen LogP contribution in [0.25, 0.3) is 11.1 Å². The van der Waals surface area contributed by atoms with E-state index in [1.807, 2.05) is 42.5 Å². The first-order valence-electron chi connectivity index (χ1n) is 4.72. The van der Waals surface area contributed by atoms with E-state index in [1.165, 1.54) is 0 Å². The first-order chi connectivity index (χ1) is 7.72. The minimum absolute atomic E-state index is 0.745. The Kier molecular flexibility index (Phi) is 3.76. The molecular formula is C13H8BrIO. The zero-order chi connectivity index (χ0) is 11.5. The lowest BCUT2D eigenvalue weighted by Crippen LogP contribution is -1.92. The van der Waals surface area contributed by atoms with Gasteiger partial charge < -0.3 is 0 Å². The average Bonchev–Trinajstić information content (AvgIpc) is 2.29. The molecule has 2 aromatic carbocycles. The van der Waals surface area contributed by atoms with Crippen molar-refractivity contribution in [2.75, 3.05) is 0 Å². The van der Waals surface area contributed by atoms with Crippen LogP contribution in [0.15, 0.2) is 46.9 Å². The van der Waals surface area contributed by atoms with Gasteiger partial charge in [0.05, 0.1) is 0 Å². The van der Waals surface area contributed by atoms with Gasteiger partial charge in [-0.05, 0) is 45.9 Å². The van der Waals surface area contributed by atoms with Crippen molar-refractivity contribution >= 4 is 44.8 Å². The molecule has 0 aromatic heterocycles. The smallest absolute Gasteiger partial charge is 0.151 e. The normalized spacial score (nSPS) is 10.1. The van der Waals surface area contributed by atoms with Crippen LogP contribution in [0.4, 0.5) is 0 Å². The zero-order valence-corrected chi connectivity index (χ0v) is 12.0. The second-order valence-electron chi connectivity index (χ2n) is 3.33. The molecular weight excluding hydrogens is 379 g/mol. The Morgan fingerprint density at radius 2 is 1.81 bits per heavy atom. The molecule has 0 bridgehead atoms. The average molecular weight is 387 g/mol. The van der Waals surface area contributed by atoms with Crippen LogP contribution in [0.5, 0.6) is 0 Å². The summed E-state index contributed by atoms with van der Waals surface area (Å²) in [5, 5.41) is 0. The maximum atomic E-state index is 11.1. The number of benzene rings is 2. The number of carbonyl (C=O) groups excluding carboxylic acids is 1. The molecule has 0 radical (unpaired) electrons. The quantitative estimate of drug-likeness (QED) is 0.547. The molecule has 3 heteroatoms. The molecule has 80 valence electrons. The van der Waals surface area contributed by atoms with Crippen molar-refractivity contribution in [3.63, 3.8) is 0 Å². The van der Waals surface area contributed by atoms with Crippen LogP contribution in [0.3, 0.4) is 0 Å². The predicted octanol–water partition coefficient (Wildman–Crippen LogP) is 4.53. The van der Waals surface area contributed by atoms with E-state index >= 15 is 0 Å². The molecule has 0 fully saturated rings. The van der Waals surface area contributed by atoms with E-state index in [0.29, 0.717) is 0 Å². The molecule has 0 unspecified atom stereocenters. The highest BCUT2D eigenvalue weighted by atomic mass is 127. The fraction of sp³-hybridized carbons (Fsp3) is 0. The highest BCUT2D eigenvalue weighted by Crippen LogP contribution is 2.29. The van der Waals surface area contributed by atoms with E-state index in [2.05, 4.69) is 38.5 Å². The number of aldehydes is 1. The third-order valence-corrected chi connectivity index (χ3v) is 3.65. The fourth-order valence-corrected chi connectivity index (χ4v) is 3.20. The van der Waals surface area contributed by atoms with E-state index < -0.39 is 0 Å². The highest BCUT2D eigenvalue weighted by molar-refractivity contribution is 14.1. The van der Waals surface area contributed by atoms with E-state index in [0.717, 1.165) is 31.0 Å². The molecule has 0 N–H and O–H groups in total. The minimum atomic E-state index is 0.745. The lowest BCUT2D eigenvalue weighted by atomic mass is 10.0. The summed E-state index contributed by atoms with van der Waals surface area (Å²) >= 11 is 5.63. The Balaban J connectivity index is 2.69. The third-order valence-electron chi connectivity index (χ3n) is 2.30. The molecule has 0 saturated heterocycles. The third kappa shape index (κ3) is 2.35. The molecule has 0 spiro atoms. The van der Waals surface area contributed by atoms with Crippen LogP contribution in [-0.2, 0) is 0 Å². The van der Waals surface area contributed by atoms with Crippen molar-refractivity contribution in [1.82, 2.24) is 0 Å². The van der Waals surface area contributed by atoms with Gasteiger partial charge in [-0.15, -0.1) is 0 Å². The summed E-state index contributed by atoms with van der Waals surface area (Å²) < 4.78 is 1.95. The summed E-state index contributed by atoms with van der Waals surface area (Å²) in [6.07, 6.45) is 0.913. The fourth-order valence-electron chi connectivity index (χ4n) is 1.56. The molecule has 0 saturated carbocycles. The number of carbonyl (C=O) groups is 1. The Morgan fingerprint density at radius 3 is 2.44 bits per heavy atom. The van der Waals surface area contributed by atoms with Gasteiger partial charge in [-0.25, -0.2) is 0 Å². The number of hydrogen-bond acceptors (Lipinski definition) is 1. The van der Waals surface area contributed by atoms with Gasteiger partial charge in [0.25, 0.3) is 0 Å². The molecule has 2 aromatic rings. The highest BCUT2D eigenvalue weighted by Gasteiger charge is 2.09. The SMILES string of the molecule is O=Cc1c(I)cc(Br)cc1-c1ccccc1. The molecule has 2 rings (SSSR count). The second kappa shape index (κ2) is 5.10. The Hall–Kier alpha value is -0.680. The van der Waals surface area contributed by atoms with Gasteiger partial charge in [0.2, 0.25) is 0 Å². The Labute approximate surface area is 116 Å². The van der Waals surface area contributed by atoms with Crippen molar-refractivity contribution < 1.29 is 4.79 Å². The van der Waals surface area contributed by atoms with Crippen molar-refractivity contribution in [3.05, 3.63) is 56.1 Å². The van der Waals surface area contributed by atoms with Crippen LogP contribution < -0.4 is 0 Å². The molecule has 0 atom stereocenters. The monoisotopic (exact) mass is 386 g/mol. The first-order valence-corrected chi connectivity index (χ1v) is 6.59. The summed E-state index contributed by atoms with van der Waals surface area (Å²) in [6, 6.07) is 13.8. The van der Waals surface area contributed by atoms with E-state index in [-0.39, 0.29) is 0 Å². The van der Waals surface area contributed by atoms with Crippen molar-refractivity contribution in [2.45, 2.75) is 0 Å². The van der Waals surface area contributed by atoms with E-state index in [4.69, 9.17) is 0 Å². The van der Waals surface area contributed by atoms with Crippen LogP contribution >= 0.6 is 38.5 Å². The number of hydrogen-bond donors (Lipinski definition) is 0. The minimum Gasteiger partial charge on any atom is -0.298 e. The van der Waals surface area contributed by atoms with Crippen molar-refractivity contribution in [3.8, 4) is 11.1 Å². The zero-order valence-electron chi connectivity index (χ0n) is 8.28. The molecule has 0 heterocycles. The first kappa shape index (κ1) is 11.8. The summed E-state index contributed by atoms with van der Waals surface area (Å²) in [5.74, 6) is 0. The van der Waals surface area contributed by atoms with Gasteiger partial charge in [-0.3, -0.25) is 4.79 Å². The number of rotatable bonds is 2. The molecule has 1 nitrogen and oxygen atoms in total. The molecule has 16 heavy (non-hydrogen) atoms. The number of halogens is 2. The van der Waals surface area contributed by atoms with Crippen LogP contribution in [0, 0.1) is 3.57 Å². The molecule has 0 aliphatic carbocycles. The predicted molar refractivity (Wildman–Crippen MR) is 77.7 cm³/mol. The summed E-state index contributed by atoms with van der Waals surface area (Å²) in [5.41, 5.74) is 2.77. The van der Waals surface area contributed by atoms with Crippen LogP contribution in [0.1, 0.15) is 10.4 Å². The van der Waals surface area contributed by atoms with Crippen LogP contribution in [0.2, 0.25) is 0 Å². The Morgan fingerprint density at radius 1 is 1.12 bits per heavy atom. The summed E-state index contributed by atoms with van der Waals surface area (Å²) in [6.45, 7) is 0. The van der Waals surface area contributed by atoms with Gasteiger partial charge >= 0.3 is 0 Å². The van der Waals surface area contributed by atoms with Crippen LogP contribution in [-0.4, -0.2) is 6.29 Å². The van der Waals surface area contributed by atoms with E-state index in [9.17, 15) is 4.79 Å². The standard InChI is InChI=1S/C13H8BrIO/c14-10-6-11(9-4-2-1-3-5-9)12(8-16)13(15)7-10/h1-8H. The topological polar surface area (TPSA) is 17.1 Å². The van der Waals surface area contributed by atoms with Gasteiger partial charge in [0, 0.05) is 13.6 Å². The van der Waals surface area contributed by atoms with Gasteiger partial charge in [0.15, 0.2) is 6.29 Å². The second-order valence-corrected chi connectivity index (χ2v) is 5.41. The maximum absolute atomic E-state index is 11.1. The Bertz CT molecular complexity index is 523. The van der Waals surface area contributed by atoms with Gasteiger partial charge in [-0.1, -0.05) is 46.3 Å². The molecule has 0 aliphatic heterocycles. The summed E-state index contributed by atoms with van der Waals surface area (Å²) in [4.78, 5) is 11.1. The summed E-state index contributed by atoms with van der Waals surface area (Å²) in [7, 11) is 0. The van der Waals surface area contributed by atoms with Gasteiger partial charge in [0.1, 0.15) is 0 Å². The van der Waals surface area contributed by atoms with Crippen molar-refractivity contribution in [2.24, 2.45) is 0 Å². The van der Waals surface area contributed by atoms with E-state index in [1.54, 1.807) is 0 Å². The lowest BCUT2D eigenvalue weighted by molar-refractivity contribution is 0.112. The lowest BCUT2D eigenvalue weighted by Gasteiger charge is -2.08. The van der Waals surface area contributed by atoms with Crippen molar-refractivity contribution in [1.29, 1.82) is 0 Å². The molecule has 0 amide bonds. The van der Waals surface area contributed by atoms with Gasteiger partial charge in [-0.2, -0.15) is 0 Å². The maximum Gasteiger partial charge on any atom is 0.151 e. The molecule has 0 aliphatic rings.